The summed E-state index contributed by atoms with van der Waals surface area (Å²) < 4.78 is 5.01. The van der Waals surface area contributed by atoms with Gasteiger partial charge in [0.1, 0.15) is 0 Å². The van der Waals surface area contributed by atoms with Crippen molar-refractivity contribution in [3.8, 4) is 5.75 Å². The number of benzene rings is 1. The first-order chi connectivity index (χ1) is 10.1. The van der Waals surface area contributed by atoms with E-state index in [2.05, 4.69) is 10.6 Å². The van der Waals surface area contributed by atoms with E-state index in [0.29, 0.717) is 12.6 Å². The minimum Gasteiger partial charge on any atom is -0.490 e. The number of carbonyl (C=O) groups excluding carboxylic acids is 1. The molecule has 7 nitrogen and oxygen atoms in total. The first kappa shape index (κ1) is 15.2. The molecule has 0 unspecified atom stereocenters. The molecule has 1 aromatic carbocycles. The van der Waals surface area contributed by atoms with Gasteiger partial charge < -0.3 is 15.4 Å². The van der Waals surface area contributed by atoms with Gasteiger partial charge in [-0.25, -0.2) is 0 Å². The number of hydrogen-bond acceptors (Lipinski definition) is 5. The minimum atomic E-state index is -0.560. The number of nitro groups is 1. The second-order valence-electron chi connectivity index (χ2n) is 4.95. The summed E-state index contributed by atoms with van der Waals surface area (Å²) in [6.45, 7) is 1.38. The van der Waals surface area contributed by atoms with Crippen LogP contribution >= 0.6 is 0 Å². The van der Waals surface area contributed by atoms with Crippen LogP contribution < -0.4 is 15.4 Å². The van der Waals surface area contributed by atoms with Crippen LogP contribution in [0.15, 0.2) is 18.2 Å². The first-order valence-corrected chi connectivity index (χ1v) is 6.96. The summed E-state index contributed by atoms with van der Waals surface area (Å²) in [6.07, 6.45) is 3.29. The smallest absolute Gasteiger partial charge is 0.311 e. The zero-order chi connectivity index (χ0) is 15.2. The van der Waals surface area contributed by atoms with Gasteiger partial charge in [-0.1, -0.05) is 6.07 Å². The molecule has 1 aromatic rings. The molecule has 1 aliphatic carbocycles. The van der Waals surface area contributed by atoms with Crippen molar-refractivity contribution >= 4 is 11.6 Å². The lowest BCUT2D eigenvalue weighted by Crippen LogP contribution is -2.28. The molecular weight excluding hydrogens is 274 g/mol. The number of nitro benzene ring substituents is 1. The zero-order valence-corrected chi connectivity index (χ0v) is 11.9. The van der Waals surface area contributed by atoms with Crippen LogP contribution in [0.5, 0.6) is 5.75 Å². The number of carbonyl (C=O) groups is 1. The molecule has 1 fully saturated rings. The number of methoxy groups -OCH3 is 1. The second kappa shape index (κ2) is 7.03. The molecule has 114 valence electrons. The van der Waals surface area contributed by atoms with Crippen molar-refractivity contribution in [3.63, 3.8) is 0 Å². The molecule has 0 heterocycles. The molecule has 0 atom stereocenters. The molecule has 1 saturated carbocycles. The summed E-state index contributed by atoms with van der Waals surface area (Å²) in [4.78, 5) is 22.4. The highest BCUT2D eigenvalue weighted by molar-refractivity contribution is 5.98. The molecule has 2 rings (SSSR count). The van der Waals surface area contributed by atoms with Crippen molar-refractivity contribution in [2.75, 3.05) is 20.2 Å². The van der Waals surface area contributed by atoms with E-state index in [1.807, 2.05) is 0 Å². The lowest BCUT2D eigenvalue weighted by Gasteiger charge is -2.09. The molecule has 0 radical (unpaired) electrons. The number of nitrogens with one attached hydrogen (secondary N) is 2. The van der Waals surface area contributed by atoms with Crippen molar-refractivity contribution in [1.82, 2.24) is 10.6 Å². The Hall–Kier alpha value is -2.15. The van der Waals surface area contributed by atoms with Crippen LogP contribution in [-0.2, 0) is 0 Å². The maximum absolute atomic E-state index is 12.1. The topological polar surface area (TPSA) is 93.5 Å². The van der Waals surface area contributed by atoms with Gasteiger partial charge in [0.25, 0.3) is 5.91 Å². The van der Waals surface area contributed by atoms with Crippen LogP contribution in [0.25, 0.3) is 0 Å². The zero-order valence-electron chi connectivity index (χ0n) is 11.9. The Balaban J connectivity index is 1.91. The van der Waals surface area contributed by atoms with E-state index in [1.165, 1.54) is 38.2 Å². The van der Waals surface area contributed by atoms with Crippen molar-refractivity contribution in [1.29, 1.82) is 0 Å². The monoisotopic (exact) mass is 293 g/mol. The van der Waals surface area contributed by atoms with Crippen LogP contribution in [0.3, 0.4) is 0 Å². The average molecular weight is 293 g/mol. The van der Waals surface area contributed by atoms with Crippen LogP contribution in [0, 0.1) is 10.1 Å². The Morgan fingerprint density at radius 2 is 2.19 bits per heavy atom. The Kier molecular flexibility index (Phi) is 5.10. The molecule has 2 N–H and O–H groups in total. The lowest BCUT2D eigenvalue weighted by molar-refractivity contribution is -0.385. The highest BCUT2D eigenvalue weighted by Gasteiger charge is 2.22. The molecule has 21 heavy (non-hydrogen) atoms. The number of hydrogen-bond donors (Lipinski definition) is 2. The third-order valence-electron chi connectivity index (χ3n) is 3.29. The van der Waals surface area contributed by atoms with Gasteiger partial charge in [-0.3, -0.25) is 14.9 Å². The number of nitrogens with zero attached hydrogens (tertiary/aromatic N) is 1. The SMILES string of the molecule is COc1c(C(=O)NCCCNC2CC2)cccc1[N+](=O)[O-]. The normalized spacial score (nSPS) is 13.8. The van der Waals surface area contributed by atoms with Crippen molar-refractivity contribution in [3.05, 3.63) is 33.9 Å². The highest BCUT2D eigenvalue weighted by Crippen LogP contribution is 2.30. The summed E-state index contributed by atoms with van der Waals surface area (Å²) in [7, 11) is 1.32. The van der Waals surface area contributed by atoms with E-state index < -0.39 is 4.92 Å². The molecule has 1 aliphatic rings. The molecule has 1 amide bonds. The number of ether oxygens (including phenoxy) is 1. The second-order valence-corrected chi connectivity index (χ2v) is 4.95. The number of rotatable bonds is 8. The maximum Gasteiger partial charge on any atom is 0.311 e. The van der Waals surface area contributed by atoms with Gasteiger partial charge in [0, 0.05) is 18.7 Å². The highest BCUT2D eigenvalue weighted by atomic mass is 16.6. The number of para-hydroxylation sites is 1. The molecule has 0 bridgehead atoms. The van der Waals surface area contributed by atoms with Crippen molar-refractivity contribution in [2.45, 2.75) is 25.3 Å². The largest absolute Gasteiger partial charge is 0.490 e. The van der Waals surface area contributed by atoms with Gasteiger partial charge in [0.05, 0.1) is 17.6 Å². The summed E-state index contributed by atoms with van der Waals surface area (Å²) in [6, 6.07) is 4.96. The van der Waals surface area contributed by atoms with E-state index in [4.69, 9.17) is 4.74 Å². The average Bonchev–Trinajstić information content (AvgIpc) is 3.29. The molecule has 0 spiro atoms. The molecule has 0 aliphatic heterocycles. The number of amides is 1. The fraction of sp³-hybridized carbons (Fsp3) is 0.500. The van der Waals surface area contributed by atoms with Crippen LogP contribution in [0.2, 0.25) is 0 Å². The fourth-order valence-electron chi connectivity index (χ4n) is 2.04. The van der Waals surface area contributed by atoms with Gasteiger partial charge >= 0.3 is 5.69 Å². The van der Waals surface area contributed by atoms with Crippen LogP contribution in [0.4, 0.5) is 5.69 Å². The predicted molar refractivity (Wildman–Crippen MR) is 77.6 cm³/mol. The van der Waals surface area contributed by atoms with E-state index >= 15 is 0 Å². The van der Waals surface area contributed by atoms with Gasteiger partial charge in [0.2, 0.25) is 5.75 Å². The standard InChI is InChI=1S/C14H19N3O4/c1-21-13-11(4-2-5-12(13)17(19)20)14(18)16-9-3-8-15-10-6-7-10/h2,4-5,10,15H,3,6-9H2,1H3,(H,16,18). The van der Waals surface area contributed by atoms with Crippen LogP contribution in [-0.4, -0.2) is 37.1 Å². The first-order valence-electron chi connectivity index (χ1n) is 6.96. The predicted octanol–water partition coefficient (Wildman–Crippen LogP) is 1.48. The lowest BCUT2D eigenvalue weighted by atomic mass is 10.1. The fourth-order valence-corrected chi connectivity index (χ4v) is 2.04. The van der Waals surface area contributed by atoms with Crippen molar-refractivity contribution in [2.24, 2.45) is 0 Å². The van der Waals surface area contributed by atoms with Gasteiger partial charge in [-0.2, -0.15) is 0 Å². The Bertz CT molecular complexity index is 529. The van der Waals surface area contributed by atoms with Crippen molar-refractivity contribution < 1.29 is 14.5 Å². The Morgan fingerprint density at radius 1 is 1.43 bits per heavy atom. The van der Waals surface area contributed by atoms with E-state index in [0.717, 1.165) is 13.0 Å². The molecular formula is C14H19N3O4. The molecule has 0 aromatic heterocycles. The molecule has 0 saturated heterocycles. The minimum absolute atomic E-state index is 0.00361. The van der Waals surface area contributed by atoms with Gasteiger partial charge in [-0.15, -0.1) is 0 Å². The van der Waals surface area contributed by atoms with Gasteiger partial charge in [0.15, 0.2) is 0 Å². The third-order valence-corrected chi connectivity index (χ3v) is 3.29. The van der Waals surface area contributed by atoms with E-state index in [1.54, 1.807) is 0 Å². The third kappa shape index (κ3) is 4.16. The summed E-state index contributed by atoms with van der Waals surface area (Å²) >= 11 is 0. The summed E-state index contributed by atoms with van der Waals surface area (Å²) in [5.74, 6) is -0.363. The maximum atomic E-state index is 12.1. The summed E-state index contributed by atoms with van der Waals surface area (Å²) in [5, 5.41) is 17.0. The van der Waals surface area contributed by atoms with E-state index in [-0.39, 0.29) is 22.9 Å². The van der Waals surface area contributed by atoms with Crippen LogP contribution in [0.1, 0.15) is 29.6 Å². The quantitative estimate of drug-likeness (QED) is 0.430. The van der Waals surface area contributed by atoms with Gasteiger partial charge in [-0.05, 0) is 31.9 Å². The Morgan fingerprint density at radius 3 is 2.81 bits per heavy atom. The van der Waals surface area contributed by atoms with E-state index in [9.17, 15) is 14.9 Å². The summed E-state index contributed by atoms with van der Waals surface area (Å²) in [5.41, 5.74) is -0.0256. The Labute approximate surface area is 122 Å². The molecule has 7 heteroatoms.